The van der Waals surface area contributed by atoms with E-state index >= 15 is 0 Å². The molecule has 0 heterocycles. The van der Waals surface area contributed by atoms with Gasteiger partial charge in [-0.2, -0.15) is 0 Å². The highest BCUT2D eigenvalue weighted by Crippen LogP contribution is 2.26. The van der Waals surface area contributed by atoms with Crippen molar-refractivity contribution in [2.75, 3.05) is 19.3 Å². The zero-order chi connectivity index (χ0) is 14.7. The molecule has 1 amide bonds. The van der Waals surface area contributed by atoms with Crippen molar-refractivity contribution in [3.63, 3.8) is 0 Å². The van der Waals surface area contributed by atoms with Gasteiger partial charge >= 0.3 is 0 Å². The van der Waals surface area contributed by atoms with E-state index in [-0.39, 0.29) is 5.91 Å². The zero-order valence-corrected chi connectivity index (χ0v) is 13.9. The van der Waals surface area contributed by atoms with Gasteiger partial charge in [-0.05, 0) is 43.4 Å². The van der Waals surface area contributed by atoms with E-state index in [1.807, 2.05) is 31.0 Å². The fourth-order valence-electron chi connectivity index (χ4n) is 2.97. The van der Waals surface area contributed by atoms with Crippen molar-refractivity contribution in [3.8, 4) is 0 Å². The lowest BCUT2D eigenvalue weighted by Gasteiger charge is -2.27. The summed E-state index contributed by atoms with van der Waals surface area (Å²) >= 11 is 3.41. The second-order valence-electron chi connectivity index (χ2n) is 5.86. The summed E-state index contributed by atoms with van der Waals surface area (Å²) in [5.41, 5.74) is 8.18. The summed E-state index contributed by atoms with van der Waals surface area (Å²) in [5.74, 6) is 0.726. The molecule has 1 saturated carbocycles. The van der Waals surface area contributed by atoms with Gasteiger partial charge in [0.2, 0.25) is 0 Å². The zero-order valence-electron chi connectivity index (χ0n) is 12.3. The highest BCUT2D eigenvalue weighted by Gasteiger charge is 2.21. The Bertz CT molecular complexity index is 495. The molecule has 20 heavy (non-hydrogen) atoms. The van der Waals surface area contributed by atoms with Gasteiger partial charge in [-0.3, -0.25) is 4.79 Å². The summed E-state index contributed by atoms with van der Waals surface area (Å²) in [6.07, 6.45) is 6.44. The van der Waals surface area contributed by atoms with Gasteiger partial charge in [0.05, 0.1) is 0 Å². The first-order valence-corrected chi connectivity index (χ1v) is 8.09. The highest BCUT2D eigenvalue weighted by molar-refractivity contribution is 9.10. The van der Waals surface area contributed by atoms with Crippen LogP contribution in [0.25, 0.3) is 0 Å². The molecular formula is C16H23BrN2O. The van der Waals surface area contributed by atoms with Gasteiger partial charge in [0, 0.05) is 29.3 Å². The summed E-state index contributed by atoms with van der Waals surface area (Å²) in [7, 11) is 1.90. The van der Waals surface area contributed by atoms with Crippen molar-refractivity contribution in [2.24, 2.45) is 5.92 Å². The summed E-state index contributed by atoms with van der Waals surface area (Å²) in [4.78, 5) is 14.4. The molecule has 0 radical (unpaired) electrons. The van der Waals surface area contributed by atoms with Gasteiger partial charge in [-0.25, -0.2) is 0 Å². The lowest BCUT2D eigenvalue weighted by atomic mass is 9.89. The van der Waals surface area contributed by atoms with Crippen molar-refractivity contribution in [3.05, 3.63) is 27.7 Å². The Kier molecular flexibility index (Phi) is 5.08. The normalized spacial score (nSPS) is 16.1. The molecule has 3 nitrogen and oxygen atoms in total. The average Bonchev–Trinajstić information content (AvgIpc) is 2.43. The molecule has 0 aliphatic heterocycles. The van der Waals surface area contributed by atoms with E-state index in [0.717, 1.165) is 16.6 Å². The Morgan fingerprint density at radius 1 is 1.35 bits per heavy atom. The van der Waals surface area contributed by atoms with E-state index in [4.69, 9.17) is 5.73 Å². The minimum absolute atomic E-state index is 0.0704. The lowest BCUT2D eigenvalue weighted by molar-refractivity contribution is 0.0760. The van der Waals surface area contributed by atoms with E-state index in [9.17, 15) is 4.79 Å². The summed E-state index contributed by atoms with van der Waals surface area (Å²) in [5, 5.41) is 0. The molecule has 110 valence electrons. The smallest absolute Gasteiger partial charge is 0.253 e. The maximum absolute atomic E-state index is 12.6. The average molecular weight is 339 g/mol. The van der Waals surface area contributed by atoms with E-state index in [0.29, 0.717) is 17.2 Å². The summed E-state index contributed by atoms with van der Waals surface area (Å²) < 4.78 is 0.856. The van der Waals surface area contributed by atoms with Gasteiger partial charge in [0.1, 0.15) is 0 Å². The number of anilines is 1. The number of nitrogens with two attached hydrogens (primary N) is 1. The molecule has 1 aliphatic carbocycles. The number of rotatable bonds is 3. The number of amides is 1. The monoisotopic (exact) mass is 338 g/mol. The first-order chi connectivity index (χ1) is 9.49. The minimum atomic E-state index is 0.0704. The van der Waals surface area contributed by atoms with Crippen LogP contribution in [0.2, 0.25) is 0 Å². The molecule has 0 atom stereocenters. The van der Waals surface area contributed by atoms with E-state index < -0.39 is 0 Å². The molecule has 0 spiro atoms. The summed E-state index contributed by atoms with van der Waals surface area (Å²) in [6.45, 7) is 2.76. The van der Waals surface area contributed by atoms with Crippen LogP contribution in [0.15, 0.2) is 16.6 Å². The fourth-order valence-corrected chi connectivity index (χ4v) is 3.44. The standard InChI is InChI=1S/C16H23BrN2O/c1-11-14(8-13(17)9-15(11)18)16(20)19(2)10-12-6-4-3-5-7-12/h8-9,12H,3-7,10,18H2,1-2H3. The Morgan fingerprint density at radius 2 is 2.00 bits per heavy atom. The molecule has 0 aromatic heterocycles. The number of carbonyl (C=O) groups is 1. The molecular weight excluding hydrogens is 316 g/mol. The second kappa shape index (κ2) is 6.61. The van der Waals surface area contributed by atoms with E-state index in [1.54, 1.807) is 0 Å². The van der Waals surface area contributed by atoms with Crippen LogP contribution < -0.4 is 5.73 Å². The maximum atomic E-state index is 12.6. The van der Waals surface area contributed by atoms with Gasteiger partial charge in [0.15, 0.2) is 0 Å². The van der Waals surface area contributed by atoms with Crippen LogP contribution in [0.3, 0.4) is 0 Å². The number of carbonyl (C=O) groups excluding carboxylic acids is 1. The second-order valence-corrected chi connectivity index (χ2v) is 6.77. The molecule has 2 rings (SSSR count). The van der Waals surface area contributed by atoms with Gasteiger partial charge < -0.3 is 10.6 Å². The molecule has 1 aromatic carbocycles. The van der Waals surface area contributed by atoms with Crippen molar-refractivity contribution in [1.82, 2.24) is 4.90 Å². The molecule has 1 fully saturated rings. The number of benzene rings is 1. The van der Waals surface area contributed by atoms with Crippen LogP contribution in [0, 0.1) is 12.8 Å². The number of hydrogen-bond donors (Lipinski definition) is 1. The van der Waals surface area contributed by atoms with Crippen LogP contribution in [0.5, 0.6) is 0 Å². The van der Waals surface area contributed by atoms with Crippen molar-refractivity contribution < 1.29 is 4.79 Å². The quantitative estimate of drug-likeness (QED) is 0.847. The number of hydrogen-bond acceptors (Lipinski definition) is 2. The van der Waals surface area contributed by atoms with Crippen LogP contribution in [-0.4, -0.2) is 24.4 Å². The molecule has 0 saturated heterocycles. The molecule has 1 aromatic rings. The lowest BCUT2D eigenvalue weighted by Crippen LogP contribution is -2.33. The van der Waals surface area contributed by atoms with Crippen LogP contribution >= 0.6 is 15.9 Å². The predicted octanol–water partition coefficient (Wildman–Crippen LogP) is 3.99. The highest BCUT2D eigenvalue weighted by atomic mass is 79.9. The first kappa shape index (κ1) is 15.4. The van der Waals surface area contributed by atoms with Crippen LogP contribution in [0.4, 0.5) is 5.69 Å². The molecule has 0 bridgehead atoms. The summed E-state index contributed by atoms with van der Waals surface area (Å²) in [6, 6.07) is 3.71. The molecule has 0 unspecified atom stereocenters. The predicted molar refractivity (Wildman–Crippen MR) is 86.8 cm³/mol. The molecule has 1 aliphatic rings. The third-order valence-corrected chi connectivity index (χ3v) is 4.70. The Labute approximate surface area is 129 Å². The van der Waals surface area contributed by atoms with Gasteiger partial charge in [0.25, 0.3) is 5.91 Å². The Morgan fingerprint density at radius 3 is 2.65 bits per heavy atom. The van der Waals surface area contributed by atoms with E-state index in [2.05, 4.69) is 15.9 Å². The third-order valence-electron chi connectivity index (χ3n) is 4.25. The minimum Gasteiger partial charge on any atom is -0.398 e. The van der Waals surface area contributed by atoms with Crippen LogP contribution in [0.1, 0.15) is 48.0 Å². The Hall–Kier alpha value is -1.03. The van der Waals surface area contributed by atoms with Crippen molar-refractivity contribution in [1.29, 1.82) is 0 Å². The number of nitrogen functional groups attached to an aromatic ring is 1. The van der Waals surface area contributed by atoms with Crippen molar-refractivity contribution in [2.45, 2.75) is 39.0 Å². The number of nitrogens with zero attached hydrogens (tertiary/aromatic N) is 1. The van der Waals surface area contributed by atoms with Gasteiger partial charge in [-0.15, -0.1) is 0 Å². The maximum Gasteiger partial charge on any atom is 0.253 e. The van der Waals surface area contributed by atoms with E-state index in [1.165, 1.54) is 32.1 Å². The third kappa shape index (κ3) is 3.54. The fraction of sp³-hybridized carbons (Fsp3) is 0.562. The molecule has 2 N–H and O–H groups in total. The molecule has 4 heteroatoms. The SMILES string of the molecule is Cc1c(N)cc(Br)cc1C(=O)N(C)CC1CCCCC1. The van der Waals surface area contributed by atoms with Crippen molar-refractivity contribution >= 4 is 27.5 Å². The first-order valence-electron chi connectivity index (χ1n) is 7.30. The van der Waals surface area contributed by atoms with Crippen LogP contribution in [-0.2, 0) is 0 Å². The topological polar surface area (TPSA) is 46.3 Å². The number of halogens is 1. The largest absolute Gasteiger partial charge is 0.398 e. The van der Waals surface area contributed by atoms with Gasteiger partial charge in [-0.1, -0.05) is 35.2 Å². The Balaban J connectivity index is 2.10.